The Hall–Kier alpha value is -2.18. The number of hydrogen-bond donors (Lipinski definition) is 1. The predicted molar refractivity (Wildman–Crippen MR) is 70.6 cm³/mol. The van der Waals surface area contributed by atoms with Crippen LogP contribution in [-0.4, -0.2) is 29.6 Å². The molecule has 0 bridgehead atoms. The fourth-order valence-corrected chi connectivity index (χ4v) is 2.27. The number of halogens is 1. The van der Waals surface area contributed by atoms with Gasteiger partial charge in [0.2, 0.25) is 0 Å². The summed E-state index contributed by atoms with van der Waals surface area (Å²) in [6.07, 6.45) is 1.06. The van der Waals surface area contributed by atoms with Crippen LogP contribution in [0.3, 0.4) is 0 Å². The molecule has 6 nitrogen and oxygen atoms in total. The van der Waals surface area contributed by atoms with E-state index in [4.69, 9.17) is 5.11 Å². The monoisotopic (exact) mass is 282 g/mol. The maximum absolute atomic E-state index is 13.9. The molecule has 0 aromatic heterocycles. The molecule has 1 aliphatic rings. The van der Waals surface area contributed by atoms with E-state index in [1.807, 2.05) is 0 Å². The van der Waals surface area contributed by atoms with Crippen molar-refractivity contribution >= 4 is 17.3 Å². The minimum absolute atomic E-state index is 0.0760. The van der Waals surface area contributed by atoms with Crippen LogP contribution in [0.1, 0.15) is 23.7 Å². The van der Waals surface area contributed by atoms with E-state index < -0.39 is 28.0 Å². The van der Waals surface area contributed by atoms with Crippen LogP contribution in [0, 0.1) is 27.8 Å². The first-order chi connectivity index (χ1) is 9.31. The minimum atomic E-state index is -1.44. The van der Waals surface area contributed by atoms with Gasteiger partial charge in [-0.15, -0.1) is 0 Å². The summed E-state index contributed by atoms with van der Waals surface area (Å²) in [7, 11) is 1.65. The largest absolute Gasteiger partial charge is 0.477 e. The first kappa shape index (κ1) is 14.2. The summed E-state index contributed by atoms with van der Waals surface area (Å²) in [5, 5.41) is 19.8. The average molecular weight is 282 g/mol. The molecular weight excluding hydrogens is 267 g/mol. The first-order valence-corrected chi connectivity index (χ1v) is 6.23. The van der Waals surface area contributed by atoms with Gasteiger partial charge < -0.3 is 10.0 Å². The molecule has 0 aliphatic heterocycles. The SMILES string of the molecule is CC1CC1CN(C)c1cc(C(=O)O)c([N+](=O)[O-])cc1F. The highest BCUT2D eigenvalue weighted by atomic mass is 19.1. The number of carboxylic acids is 1. The predicted octanol–water partition coefficient (Wildman–Crippen LogP) is 2.52. The molecule has 1 aliphatic carbocycles. The number of benzene rings is 1. The van der Waals surface area contributed by atoms with E-state index in [1.165, 1.54) is 0 Å². The number of carboxylic acid groups (broad SMARTS) is 1. The quantitative estimate of drug-likeness (QED) is 0.662. The number of nitrogens with zero attached hydrogens (tertiary/aromatic N) is 2. The molecule has 2 unspecified atom stereocenters. The fraction of sp³-hybridized carbons (Fsp3) is 0.462. The number of hydrogen-bond acceptors (Lipinski definition) is 4. The molecule has 0 amide bonds. The molecule has 1 N–H and O–H groups in total. The van der Waals surface area contributed by atoms with Crippen molar-refractivity contribution in [1.29, 1.82) is 0 Å². The van der Waals surface area contributed by atoms with Crippen molar-refractivity contribution in [2.45, 2.75) is 13.3 Å². The number of aromatic carboxylic acids is 1. The van der Waals surface area contributed by atoms with Crippen LogP contribution in [0.25, 0.3) is 0 Å². The molecule has 2 rings (SSSR count). The van der Waals surface area contributed by atoms with E-state index in [9.17, 15) is 19.3 Å². The number of nitro groups is 1. The second-order valence-electron chi connectivity index (χ2n) is 5.24. The summed E-state index contributed by atoms with van der Waals surface area (Å²) in [5.41, 5.74) is -1.15. The molecule has 0 spiro atoms. The molecule has 1 saturated carbocycles. The lowest BCUT2D eigenvalue weighted by Crippen LogP contribution is -2.22. The third-order valence-electron chi connectivity index (χ3n) is 3.69. The number of rotatable bonds is 5. The zero-order valence-electron chi connectivity index (χ0n) is 11.2. The maximum Gasteiger partial charge on any atom is 0.342 e. The third-order valence-corrected chi connectivity index (χ3v) is 3.69. The van der Waals surface area contributed by atoms with Crippen molar-refractivity contribution in [3.8, 4) is 0 Å². The summed E-state index contributed by atoms with van der Waals surface area (Å²) in [6.45, 7) is 2.70. The van der Waals surface area contributed by atoms with Gasteiger partial charge in [-0.1, -0.05) is 6.92 Å². The Kier molecular flexibility index (Phi) is 3.61. The van der Waals surface area contributed by atoms with Gasteiger partial charge in [-0.25, -0.2) is 9.18 Å². The maximum atomic E-state index is 13.9. The lowest BCUT2D eigenvalue weighted by atomic mass is 10.1. The van der Waals surface area contributed by atoms with Crippen molar-refractivity contribution in [2.75, 3.05) is 18.5 Å². The van der Waals surface area contributed by atoms with Crippen LogP contribution in [-0.2, 0) is 0 Å². The summed E-state index contributed by atoms with van der Waals surface area (Å²) >= 11 is 0. The van der Waals surface area contributed by atoms with Gasteiger partial charge in [0.1, 0.15) is 5.56 Å². The standard InChI is InChI=1S/C13H15FN2O4/c1-7-3-8(7)6-15(2)12-4-9(13(17)18)11(16(19)20)5-10(12)14/h4-5,7-8H,3,6H2,1-2H3,(H,17,18). The highest BCUT2D eigenvalue weighted by molar-refractivity contribution is 5.93. The molecule has 108 valence electrons. The summed E-state index contributed by atoms with van der Waals surface area (Å²) in [6, 6.07) is 1.70. The van der Waals surface area contributed by atoms with Crippen molar-refractivity contribution < 1.29 is 19.2 Å². The Balaban J connectivity index is 2.35. The molecule has 0 heterocycles. The molecule has 1 aromatic rings. The summed E-state index contributed by atoms with van der Waals surface area (Å²) < 4.78 is 13.9. The molecule has 20 heavy (non-hydrogen) atoms. The van der Waals surface area contributed by atoms with Crippen LogP contribution >= 0.6 is 0 Å². The van der Waals surface area contributed by atoms with Crippen LogP contribution < -0.4 is 4.90 Å². The highest BCUT2D eigenvalue weighted by Gasteiger charge is 2.34. The zero-order valence-corrected chi connectivity index (χ0v) is 11.2. The van der Waals surface area contributed by atoms with E-state index >= 15 is 0 Å². The molecule has 0 saturated heterocycles. The second kappa shape index (κ2) is 5.07. The molecule has 1 aromatic carbocycles. The van der Waals surface area contributed by atoms with E-state index in [1.54, 1.807) is 11.9 Å². The smallest absolute Gasteiger partial charge is 0.342 e. The molecular formula is C13H15FN2O4. The zero-order chi connectivity index (χ0) is 15.0. The second-order valence-corrected chi connectivity index (χ2v) is 5.24. The lowest BCUT2D eigenvalue weighted by Gasteiger charge is -2.20. The van der Waals surface area contributed by atoms with Crippen molar-refractivity contribution in [2.24, 2.45) is 11.8 Å². The van der Waals surface area contributed by atoms with Crippen molar-refractivity contribution in [3.05, 3.63) is 33.6 Å². The number of nitro benzene ring substituents is 1. The normalized spacial score (nSPS) is 20.6. The Morgan fingerprint density at radius 1 is 1.60 bits per heavy atom. The topological polar surface area (TPSA) is 83.7 Å². The minimum Gasteiger partial charge on any atom is -0.477 e. The van der Waals surface area contributed by atoms with Crippen LogP contribution in [0.2, 0.25) is 0 Å². The Morgan fingerprint density at radius 2 is 2.20 bits per heavy atom. The van der Waals surface area contributed by atoms with Crippen molar-refractivity contribution in [3.63, 3.8) is 0 Å². The van der Waals surface area contributed by atoms with E-state index in [-0.39, 0.29) is 5.69 Å². The first-order valence-electron chi connectivity index (χ1n) is 6.23. The third kappa shape index (κ3) is 2.71. The number of anilines is 1. The Bertz CT molecular complexity index is 576. The van der Waals surface area contributed by atoms with Gasteiger partial charge in [-0.3, -0.25) is 10.1 Å². The van der Waals surface area contributed by atoms with Gasteiger partial charge in [-0.05, 0) is 24.3 Å². The number of carbonyl (C=O) groups is 1. The van der Waals surface area contributed by atoms with E-state index in [0.29, 0.717) is 24.4 Å². The van der Waals surface area contributed by atoms with Crippen LogP contribution in [0.5, 0.6) is 0 Å². The summed E-state index contributed by atoms with van der Waals surface area (Å²) in [4.78, 5) is 22.5. The van der Waals surface area contributed by atoms with E-state index in [2.05, 4.69) is 6.92 Å². The van der Waals surface area contributed by atoms with Gasteiger partial charge in [-0.2, -0.15) is 0 Å². The van der Waals surface area contributed by atoms with Gasteiger partial charge in [0.25, 0.3) is 5.69 Å². The van der Waals surface area contributed by atoms with Crippen molar-refractivity contribution in [1.82, 2.24) is 0 Å². The van der Waals surface area contributed by atoms with Crippen LogP contribution in [0.4, 0.5) is 15.8 Å². The van der Waals surface area contributed by atoms with Gasteiger partial charge >= 0.3 is 5.97 Å². The Morgan fingerprint density at radius 3 is 2.65 bits per heavy atom. The molecule has 1 fully saturated rings. The van der Waals surface area contributed by atoms with Gasteiger partial charge in [0.15, 0.2) is 5.82 Å². The summed E-state index contributed by atoms with van der Waals surface area (Å²) in [5.74, 6) is -1.18. The fourth-order valence-electron chi connectivity index (χ4n) is 2.27. The molecule has 7 heteroatoms. The Labute approximate surface area is 115 Å². The van der Waals surface area contributed by atoms with Gasteiger partial charge in [0, 0.05) is 13.6 Å². The van der Waals surface area contributed by atoms with E-state index in [0.717, 1.165) is 12.5 Å². The van der Waals surface area contributed by atoms with Gasteiger partial charge in [0.05, 0.1) is 16.7 Å². The average Bonchev–Trinajstić information content (AvgIpc) is 3.03. The lowest BCUT2D eigenvalue weighted by molar-refractivity contribution is -0.385. The van der Waals surface area contributed by atoms with Crippen LogP contribution in [0.15, 0.2) is 12.1 Å². The highest BCUT2D eigenvalue weighted by Crippen LogP contribution is 2.39. The molecule has 0 radical (unpaired) electrons. The molecule has 2 atom stereocenters.